The van der Waals surface area contributed by atoms with Gasteiger partial charge >= 0.3 is 0 Å². The van der Waals surface area contributed by atoms with Crippen molar-refractivity contribution in [3.63, 3.8) is 0 Å². The molecule has 6 rings (SSSR count). The van der Waals surface area contributed by atoms with Crippen LogP contribution in [0.3, 0.4) is 0 Å². The predicted molar refractivity (Wildman–Crippen MR) is 142 cm³/mol. The van der Waals surface area contributed by atoms with Crippen LogP contribution >= 0.6 is 0 Å². The monoisotopic (exact) mass is 483 g/mol. The van der Waals surface area contributed by atoms with Crippen molar-refractivity contribution < 1.29 is 9.53 Å². The van der Waals surface area contributed by atoms with Gasteiger partial charge in [0.15, 0.2) is 0 Å². The standard InChI is InChI=1S/C25H24N4O2.C4H9N/c1-15-6-7-18(31-3)14-20(15)24(30)27-25(8-9-25)21-12-17(22-11-16(2)28-29-22)13-23-19(21)5-4-10-26-23;1-5-3-2-4-5/h4-7,10-14H,8-9H2,1-3H3,(H,27,30)(H,28,29);2-4H2,1H3. The number of amides is 1. The molecule has 7 heteroatoms. The number of likely N-dealkylation sites (tertiary alicyclic amines) is 1. The fraction of sp³-hybridized carbons (Fsp3) is 0.345. The third-order valence-corrected chi connectivity index (χ3v) is 7.11. The number of ether oxygens (including phenoxy) is 1. The van der Waals surface area contributed by atoms with Crippen LogP contribution < -0.4 is 10.1 Å². The Morgan fingerprint density at radius 3 is 2.50 bits per heavy atom. The van der Waals surface area contributed by atoms with E-state index in [0.29, 0.717) is 11.3 Å². The number of hydrogen-bond donors (Lipinski definition) is 2. The summed E-state index contributed by atoms with van der Waals surface area (Å²) in [7, 11) is 3.75. The maximum atomic E-state index is 13.3. The predicted octanol–water partition coefficient (Wildman–Crippen LogP) is 4.99. The van der Waals surface area contributed by atoms with Crippen LogP contribution in [0.25, 0.3) is 22.2 Å². The summed E-state index contributed by atoms with van der Waals surface area (Å²) in [5.41, 5.74) is 5.99. The zero-order valence-corrected chi connectivity index (χ0v) is 21.4. The Kier molecular flexibility index (Phi) is 6.49. The van der Waals surface area contributed by atoms with Crippen molar-refractivity contribution in [2.24, 2.45) is 0 Å². The number of hydrogen-bond acceptors (Lipinski definition) is 5. The number of carbonyl (C=O) groups excluding carboxylic acids is 1. The smallest absolute Gasteiger partial charge is 0.252 e. The quantitative estimate of drug-likeness (QED) is 0.418. The molecule has 3 heterocycles. The van der Waals surface area contributed by atoms with Crippen molar-refractivity contribution in [2.45, 2.75) is 38.6 Å². The molecule has 2 fully saturated rings. The van der Waals surface area contributed by atoms with Crippen LogP contribution in [-0.4, -0.2) is 53.2 Å². The first-order valence-electron chi connectivity index (χ1n) is 12.5. The number of methoxy groups -OCH3 is 1. The molecule has 1 amide bonds. The molecule has 1 saturated heterocycles. The van der Waals surface area contributed by atoms with Crippen LogP contribution in [0.4, 0.5) is 0 Å². The second-order valence-electron chi connectivity index (χ2n) is 9.90. The SMILES string of the molecule is CN1CCC1.COc1ccc(C)c(C(=O)NC2(c3cc(-c4cc(C)[nH]n4)cc4ncccc34)CC2)c1. The summed E-state index contributed by atoms with van der Waals surface area (Å²) < 4.78 is 5.32. The molecule has 0 unspecified atom stereocenters. The first-order valence-corrected chi connectivity index (χ1v) is 12.5. The molecule has 4 aromatic rings. The summed E-state index contributed by atoms with van der Waals surface area (Å²) in [4.78, 5) is 20.1. The number of fused-ring (bicyclic) bond motifs is 1. The zero-order chi connectivity index (χ0) is 25.3. The second kappa shape index (κ2) is 9.74. The molecular formula is C29H33N5O2. The van der Waals surface area contributed by atoms with E-state index in [0.717, 1.165) is 51.8 Å². The summed E-state index contributed by atoms with van der Waals surface area (Å²) >= 11 is 0. The molecule has 0 bridgehead atoms. The number of aromatic amines is 1. The van der Waals surface area contributed by atoms with Crippen molar-refractivity contribution in [3.8, 4) is 17.0 Å². The van der Waals surface area contributed by atoms with Gasteiger partial charge in [0.2, 0.25) is 0 Å². The number of aromatic nitrogens is 3. The number of pyridine rings is 1. The van der Waals surface area contributed by atoms with Gasteiger partial charge < -0.3 is 15.0 Å². The number of rotatable bonds is 5. The second-order valence-corrected chi connectivity index (χ2v) is 9.90. The Morgan fingerprint density at radius 2 is 1.89 bits per heavy atom. The molecular weight excluding hydrogens is 450 g/mol. The van der Waals surface area contributed by atoms with Crippen molar-refractivity contribution in [1.29, 1.82) is 0 Å². The van der Waals surface area contributed by atoms with Gasteiger partial charge in [-0.25, -0.2) is 0 Å². The molecule has 36 heavy (non-hydrogen) atoms. The molecule has 2 aliphatic rings. The molecule has 7 nitrogen and oxygen atoms in total. The Hall–Kier alpha value is -3.71. The van der Waals surface area contributed by atoms with Crippen LogP contribution in [-0.2, 0) is 5.54 Å². The average molecular weight is 484 g/mol. The summed E-state index contributed by atoms with van der Waals surface area (Å²) in [6, 6.07) is 15.8. The molecule has 2 aromatic carbocycles. The minimum atomic E-state index is -0.407. The van der Waals surface area contributed by atoms with Gasteiger partial charge in [0.25, 0.3) is 5.91 Å². The molecule has 2 N–H and O–H groups in total. The highest BCUT2D eigenvalue weighted by Gasteiger charge is 2.47. The van der Waals surface area contributed by atoms with Crippen LogP contribution in [0, 0.1) is 13.8 Å². The van der Waals surface area contributed by atoms with Gasteiger partial charge in [-0.15, -0.1) is 0 Å². The van der Waals surface area contributed by atoms with E-state index in [-0.39, 0.29) is 5.91 Å². The van der Waals surface area contributed by atoms with Crippen LogP contribution in [0.1, 0.15) is 46.4 Å². The summed E-state index contributed by atoms with van der Waals surface area (Å²) in [5.74, 6) is 0.582. The minimum Gasteiger partial charge on any atom is -0.497 e. The highest BCUT2D eigenvalue weighted by atomic mass is 16.5. The lowest BCUT2D eigenvalue weighted by Crippen LogP contribution is -2.35. The fourth-order valence-corrected chi connectivity index (χ4v) is 4.61. The molecule has 0 radical (unpaired) electrons. The number of nitrogens with zero attached hydrogens (tertiary/aromatic N) is 3. The Bertz CT molecular complexity index is 1400. The number of nitrogens with one attached hydrogen (secondary N) is 2. The number of aryl methyl sites for hydroxylation is 2. The molecule has 1 aliphatic carbocycles. The number of benzene rings is 2. The van der Waals surface area contributed by atoms with Gasteiger partial charge in [-0.1, -0.05) is 12.1 Å². The Labute approximate surface area is 211 Å². The van der Waals surface area contributed by atoms with Gasteiger partial charge in [-0.2, -0.15) is 5.10 Å². The van der Waals surface area contributed by atoms with E-state index >= 15 is 0 Å². The average Bonchev–Trinajstić information content (AvgIpc) is 3.52. The number of carbonyl (C=O) groups is 1. The normalized spacial score (nSPS) is 16.0. The summed E-state index contributed by atoms with van der Waals surface area (Å²) in [6.07, 6.45) is 4.98. The molecule has 0 atom stereocenters. The van der Waals surface area contributed by atoms with Crippen LogP contribution in [0.5, 0.6) is 5.75 Å². The van der Waals surface area contributed by atoms with E-state index in [1.165, 1.54) is 19.5 Å². The Balaban J connectivity index is 0.000000477. The molecule has 1 aliphatic heterocycles. The third kappa shape index (κ3) is 4.84. The van der Waals surface area contributed by atoms with E-state index in [1.54, 1.807) is 19.4 Å². The Morgan fingerprint density at radius 1 is 1.11 bits per heavy atom. The van der Waals surface area contributed by atoms with Gasteiger partial charge in [0.1, 0.15) is 5.75 Å². The lowest BCUT2D eigenvalue weighted by atomic mass is 9.94. The van der Waals surface area contributed by atoms with Crippen LogP contribution in [0.2, 0.25) is 0 Å². The maximum Gasteiger partial charge on any atom is 0.252 e. The topological polar surface area (TPSA) is 83.1 Å². The highest BCUT2D eigenvalue weighted by molar-refractivity contribution is 5.98. The van der Waals surface area contributed by atoms with Gasteiger partial charge in [-0.3, -0.25) is 14.9 Å². The van der Waals surface area contributed by atoms with E-state index < -0.39 is 5.54 Å². The van der Waals surface area contributed by atoms with Crippen molar-refractivity contribution >= 4 is 16.8 Å². The lowest BCUT2D eigenvalue weighted by molar-refractivity contribution is 0.0930. The highest BCUT2D eigenvalue weighted by Crippen LogP contribution is 2.49. The third-order valence-electron chi connectivity index (χ3n) is 7.11. The van der Waals surface area contributed by atoms with E-state index in [4.69, 9.17) is 4.74 Å². The van der Waals surface area contributed by atoms with E-state index in [1.807, 2.05) is 38.1 Å². The van der Waals surface area contributed by atoms with Gasteiger partial charge in [-0.05, 0) is 101 Å². The molecule has 0 spiro atoms. The molecule has 186 valence electrons. The van der Waals surface area contributed by atoms with Crippen LogP contribution in [0.15, 0.2) is 54.7 Å². The van der Waals surface area contributed by atoms with E-state index in [9.17, 15) is 4.79 Å². The van der Waals surface area contributed by atoms with Gasteiger partial charge in [0, 0.05) is 28.4 Å². The summed E-state index contributed by atoms with van der Waals surface area (Å²) in [5, 5.41) is 11.8. The number of H-pyrrole nitrogens is 1. The van der Waals surface area contributed by atoms with Crippen molar-refractivity contribution in [3.05, 3.63) is 77.1 Å². The first kappa shape index (κ1) is 24.0. The van der Waals surface area contributed by atoms with Crippen molar-refractivity contribution in [1.82, 2.24) is 25.4 Å². The van der Waals surface area contributed by atoms with Gasteiger partial charge in [0.05, 0.1) is 23.9 Å². The zero-order valence-electron chi connectivity index (χ0n) is 21.4. The minimum absolute atomic E-state index is 0.0908. The fourth-order valence-electron chi connectivity index (χ4n) is 4.61. The maximum absolute atomic E-state index is 13.3. The molecule has 2 aromatic heterocycles. The summed E-state index contributed by atoms with van der Waals surface area (Å²) in [6.45, 7) is 6.56. The van der Waals surface area contributed by atoms with E-state index in [2.05, 4.69) is 50.6 Å². The lowest BCUT2D eigenvalue weighted by Gasteiger charge is -2.24. The first-order chi connectivity index (χ1) is 17.4. The van der Waals surface area contributed by atoms with Crippen molar-refractivity contribution in [2.75, 3.05) is 27.2 Å². The largest absolute Gasteiger partial charge is 0.497 e. The molecule has 1 saturated carbocycles.